The van der Waals surface area contributed by atoms with Gasteiger partial charge in [0.2, 0.25) is 5.89 Å². The lowest BCUT2D eigenvalue weighted by Crippen LogP contribution is -2.36. The Hall–Kier alpha value is -1.89. The predicted octanol–water partition coefficient (Wildman–Crippen LogP) is 2.23. The molecule has 0 unspecified atom stereocenters. The molecule has 0 aromatic carbocycles. The molecule has 2 N–H and O–H groups in total. The number of hydrogen-bond donors (Lipinski definition) is 2. The summed E-state index contributed by atoms with van der Waals surface area (Å²) in [6, 6.07) is 0. The van der Waals surface area contributed by atoms with Crippen molar-refractivity contribution in [3.05, 3.63) is 32.9 Å². The van der Waals surface area contributed by atoms with Crippen molar-refractivity contribution in [1.29, 1.82) is 0 Å². The Balaban J connectivity index is 1.87. The number of rotatable bonds is 4. The topological polar surface area (TPSA) is 75.3 Å². The van der Waals surface area contributed by atoms with Gasteiger partial charge < -0.3 is 15.1 Å². The van der Waals surface area contributed by atoms with E-state index in [1.165, 1.54) is 4.88 Å². The van der Waals surface area contributed by atoms with E-state index in [1.54, 1.807) is 18.4 Å². The molecule has 0 fully saturated rings. The second-order valence-electron chi connectivity index (χ2n) is 4.77. The summed E-state index contributed by atoms with van der Waals surface area (Å²) in [5.41, 5.74) is 1.99. The molecule has 6 nitrogen and oxygen atoms in total. The first-order chi connectivity index (χ1) is 9.99. The molecule has 2 rings (SSSR count). The van der Waals surface area contributed by atoms with Crippen molar-refractivity contribution < 1.29 is 4.42 Å². The van der Waals surface area contributed by atoms with Crippen LogP contribution in [0.25, 0.3) is 0 Å². The van der Waals surface area contributed by atoms with Gasteiger partial charge in [0.25, 0.3) is 0 Å². The summed E-state index contributed by atoms with van der Waals surface area (Å²) >= 11 is 1.70. The molecule has 0 spiro atoms. The Morgan fingerprint density at radius 1 is 1.10 bits per heavy atom. The van der Waals surface area contributed by atoms with E-state index < -0.39 is 0 Å². The summed E-state index contributed by atoms with van der Waals surface area (Å²) in [7, 11) is 1.74. The average Bonchev–Trinajstić information content (AvgIpc) is 2.92. The minimum atomic E-state index is 0.509. The number of guanidine groups is 1. The van der Waals surface area contributed by atoms with Gasteiger partial charge in [-0.1, -0.05) is 0 Å². The summed E-state index contributed by atoms with van der Waals surface area (Å²) < 4.78 is 5.53. The standard InChI is InChI=1S/C14H21N5OS/c1-8-10(3)20-13(19-8)7-17-14(15-5)16-6-12-9(2)18-11(4)21-12/h6-7H2,1-5H3,(H2,15,16,17). The van der Waals surface area contributed by atoms with E-state index in [1.807, 2.05) is 27.7 Å². The Kier molecular flexibility index (Phi) is 4.95. The highest BCUT2D eigenvalue weighted by atomic mass is 32.1. The van der Waals surface area contributed by atoms with Gasteiger partial charge in [-0.2, -0.15) is 0 Å². The number of aromatic nitrogens is 2. The van der Waals surface area contributed by atoms with Crippen LogP contribution in [0.3, 0.4) is 0 Å². The first-order valence-corrected chi connectivity index (χ1v) is 7.61. The van der Waals surface area contributed by atoms with E-state index in [4.69, 9.17) is 4.42 Å². The van der Waals surface area contributed by atoms with Crippen LogP contribution >= 0.6 is 11.3 Å². The third kappa shape index (κ3) is 4.04. The van der Waals surface area contributed by atoms with Crippen LogP contribution in [0.1, 0.15) is 32.9 Å². The number of aryl methyl sites for hydroxylation is 4. The molecule has 2 aromatic heterocycles. The van der Waals surface area contributed by atoms with Crippen molar-refractivity contribution >= 4 is 17.3 Å². The minimum absolute atomic E-state index is 0.509. The molecule has 0 bridgehead atoms. The summed E-state index contributed by atoms with van der Waals surface area (Å²) in [6.45, 7) is 9.10. The van der Waals surface area contributed by atoms with Crippen molar-refractivity contribution in [1.82, 2.24) is 20.6 Å². The highest BCUT2D eigenvalue weighted by molar-refractivity contribution is 7.11. The SMILES string of the molecule is CN=C(NCc1nc(C)c(C)o1)NCc1sc(C)nc1C. The molecular weight excluding hydrogens is 286 g/mol. The molecule has 0 aliphatic rings. The van der Waals surface area contributed by atoms with Gasteiger partial charge in [0.15, 0.2) is 5.96 Å². The van der Waals surface area contributed by atoms with E-state index in [9.17, 15) is 0 Å². The lowest BCUT2D eigenvalue weighted by molar-refractivity contribution is 0.463. The molecule has 2 heterocycles. The van der Waals surface area contributed by atoms with Gasteiger partial charge in [-0.3, -0.25) is 4.99 Å². The van der Waals surface area contributed by atoms with Crippen LogP contribution in [0, 0.1) is 27.7 Å². The third-order valence-electron chi connectivity index (χ3n) is 3.12. The normalized spacial score (nSPS) is 11.8. The molecule has 114 valence electrons. The molecular formula is C14H21N5OS. The Morgan fingerprint density at radius 2 is 1.81 bits per heavy atom. The van der Waals surface area contributed by atoms with Gasteiger partial charge in [0.1, 0.15) is 5.76 Å². The highest BCUT2D eigenvalue weighted by Crippen LogP contribution is 2.16. The molecule has 0 radical (unpaired) electrons. The lowest BCUT2D eigenvalue weighted by Gasteiger charge is -2.09. The van der Waals surface area contributed by atoms with Crippen molar-refractivity contribution in [2.24, 2.45) is 4.99 Å². The maximum atomic E-state index is 5.53. The molecule has 0 amide bonds. The fraction of sp³-hybridized carbons (Fsp3) is 0.500. The Labute approximate surface area is 128 Å². The van der Waals surface area contributed by atoms with Crippen LogP contribution in [0.5, 0.6) is 0 Å². The van der Waals surface area contributed by atoms with Crippen molar-refractivity contribution in [2.45, 2.75) is 40.8 Å². The maximum absolute atomic E-state index is 5.53. The van der Waals surface area contributed by atoms with Crippen LogP contribution in [0.15, 0.2) is 9.41 Å². The summed E-state index contributed by atoms with van der Waals surface area (Å²) in [4.78, 5) is 14.2. The summed E-state index contributed by atoms with van der Waals surface area (Å²) in [5, 5.41) is 7.54. The second-order valence-corrected chi connectivity index (χ2v) is 6.06. The molecule has 0 saturated heterocycles. The number of oxazole rings is 1. The van der Waals surface area contributed by atoms with Gasteiger partial charge >= 0.3 is 0 Å². The van der Waals surface area contributed by atoms with Crippen molar-refractivity contribution in [3.8, 4) is 0 Å². The quantitative estimate of drug-likeness (QED) is 0.669. The highest BCUT2D eigenvalue weighted by Gasteiger charge is 2.08. The zero-order chi connectivity index (χ0) is 15.4. The van der Waals surface area contributed by atoms with E-state index in [2.05, 4.69) is 25.6 Å². The van der Waals surface area contributed by atoms with Gasteiger partial charge in [-0.25, -0.2) is 9.97 Å². The number of aliphatic imine (C=N–C) groups is 1. The fourth-order valence-corrected chi connectivity index (χ4v) is 2.77. The number of hydrogen-bond acceptors (Lipinski definition) is 5. The van der Waals surface area contributed by atoms with Crippen molar-refractivity contribution in [2.75, 3.05) is 7.05 Å². The number of thiazole rings is 1. The first-order valence-electron chi connectivity index (χ1n) is 6.80. The van der Waals surface area contributed by atoms with Crippen molar-refractivity contribution in [3.63, 3.8) is 0 Å². The predicted molar refractivity (Wildman–Crippen MR) is 84.6 cm³/mol. The van der Waals surface area contributed by atoms with Gasteiger partial charge in [-0.05, 0) is 27.7 Å². The summed E-state index contributed by atoms with van der Waals surface area (Å²) in [5.74, 6) is 2.23. The minimum Gasteiger partial charge on any atom is -0.444 e. The molecule has 0 aliphatic carbocycles. The van der Waals surface area contributed by atoms with E-state index in [-0.39, 0.29) is 0 Å². The first kappa shape index (κ1) is 15.5. The smallest absolute Gasteiger partial charge is 0.214 e. The Morgan fingerprint density at radius 3 is 2.33 bits per heavy atom. The molecule has 21 heavy (non-hydrogen) atoms. The van der Waals surface area contributed by atoms with Crippen LogP contribution in [-0.2, 0) is 13.1 Å². The molecule has 0 aliphatic heterocycles. The lowest BCUT2D eigenvalue weighted by atomic mass is 10.4. The molecule has 7 heteroatoms. The monoisotopic (exact) mass is 307 g/mol. The fourth-order valence-electron chi connectivity index (χ4n) is 1.90. The molecule has 0 saturated carbocycles. The Bertz CT molecular complexity index is 624. The van der Waals surface area contributed by atoms with Crippen LogP contribution in [-0.4, -0.2) is 23.0 Å². The van der Waals surface area contributed by atoms with Gasteiger partial charge in [0.05, 0.1) is 29.5 Å². The van der Waals surface area contributed by atoms with Crippen LogP contribution in [0.4, 0.5) is 0 Å². The zero-order valence-corrected chi connectivity index (χ0v) is 13.9. The van der Waals surface area contributed by atoms with E-state index >= 15 is 0 Å². The average molecular weight is 307 g/mol. The van der Waals surface area contributed by atoms with Crippen LogP contribution < -0.4 is 10.6 Å². The van der Waals surface area contributed by atoms with Crippen LogP contribution in [0.2, 0.25) is 0 Å². The summed E-state index contributed by atoms with van der Waals surface area (Å²) in [6.07, 6.45) is 0. The third-order valence-corrected chi connectivity index (χ3v) is 4.19. The number of nitrogens with zero attached hydrogens (tertiary/aromatic N) is 3. The second kappa shape index (κ2) is 6.71. The zero-order valence-electron chi connectivity index (χ0n) is 13.1. The van der Waals surface area contributed by atoms with E-state index in [0.29, 0.717) is 24.9 Å². The van der Waals surface area contributed by atoms with Gasteiger partial charge in [0, 0.05) is 11.9 Å². The van der Waals surface area contributed by atoms with Gasteiger partial charge in [-0.15, -0.1) is 11.3 Å². The molecule has 0 atom stereocenters. The van der Waals surface area contributed by atoms with E-state index in [0.717, 1.165) is 22.2 Å². The number of nitrogens with one attached hydrogen (secondary N) is 2. The maximum Gasteiger partial charge on any atom is 0.214 e. The largest absolute Gasteiger partial charge is 0.444 e. The molecule has 2 aromatic rings.